The molecule has 0 atom stereocenters. The molecular formula is C9H9N3O2S2. The van der Waals surface area contributed by atoms with E-state index in [-0.39, 0.29) is 5.75 Å². The highest BCUT2D eigenvalue weighted by atomic mass is 32.2. The second-order valence-corrected chi connectivity index (χ2v) is 4.90. The molecular weight excluding hydrogens is 246 g/mol. The molecule has 0 fully saturated rings. The Hall–Kier alpha value is -1.34. The average molecular weight is 255 g/mol. The molecule has 5 nitrogen and oxygen atoms in total. The average Bonchev–Trinajstić information content (AvgIpc) is 2.87. The first kappa shape index (κ1) is 11.2. The number of aromatic nitrogens is 3. The largest absolute Gasteiger partial charge is 0.481 e. The van der Waals surface area contributed by atoms with Crippen molar-refractivity contribution in [2.45, 2.75) is 11.7 Å². The van der Waals surface area contributed by atoms with Gasteiger partial charge in [-0.1, -0.05) is 11.8 Å². The summed E-state index contributed by atoms with van der Waals surface area (Å²) >= 11 is 2.79. The lowest BCUT2D eigenvalue weighted by atomic mass is 10.5. The summed E-state index contributed by atoms with van der Waals surface area (Å²) in [6.45, 7) is 0.687. The highest BCUT2D eigenvalue weighted by Crippen LogP contribution is 2.18. The maximum absolute atomic E-state index is 10.5. The van der Waals surface area contributed by atoms with E-state index in [0.29, 0.717) is 6.54 Å². The summed E-state index contributed by atoms with van der Waals surface area (Å²) in [5, 5.41) is 9.31. The number of hydrogen-bond acceptors (Lipinski definition) is 5. The summed E-state index contributed by atoms with van der Waals surface area (Å²) in [4.78, 5) is 19.7. The summed E-state index contributed by atoms with van der Waals surface area (Å²) in [6, 6.07) is 0. The van der Waals surface area contributed by atoms with E-state index in [0.717, 1.165) is 10.0 Å². The monoisotopic (exact) mass is 255 g/mol. The van der Waals surface area contributed by atoms with E-state index in [1.807, 2.05) is 10.8 Å². The van der Waals surface area contributed by atoms with Gasteiger partial charge in [0.2, 0.25) is 0 Å². The standard InChI is InChI=1S/C9H9N3O2S2/c13-8(14)5-15-9-11-1-2-12(9)4-7-3-10-6-16-7/h1-3,6H,4-5H2,(H,13,14). The molecule has 0 bridgehead atoms. The van der Waals surface area contributed by atoms with Crippen LogP contribution < -0.4 is 0 Å². The minimum Gasteiger partial charge on any atom is -0.481 e. The third-order valence-corrected chi connectivity index (χ3v) is 3.57. The van der Waals surface area contributed by atoms with E-state index >= 15 is 0 Å². The van der Waals surface area contributed by atoms with E-state index in [1.54, 1.807) is 29.2 Å². The zero-order valence-electron chi connectivity index (χ0n) is 8.24. The molecule has 2 aromatic rings. The quantitative estimate of drug-likeness (QED) is 0.821. The predicted octanol–water partition coefficient (Wildman–Crippen LogP) is 1.56. The highest BCUT2D eigenvalue weighted by Gasteiger charge is 2.07. The van der Waals surface area contributed by atoms with Crippen molar-refractivity contribution >= 4 is 29.1 Å². The molecule has 0 saturated carbocycles. The van der Waals surface area contributed by atoms with Gasteiger partial charge in [0.15, 0.2) is 5.16 Å². The van der Waals surface area contributed by atoms with Crippen LogP contribution in [0.15, 0.2) is 29.3 Å². The fourth-order valence-corrected chi connectivity index (χ4v) is 2.44. The number of carboxylic acids is 1. The number of thiazole rings is 1. The molecule has 0 aliphatic heterocycles. The Balaban J connectivity index is 2.04. The third-order valence-electron chi connectivity index (χ3n) is 1.81. The molecule has 2 aromatic heterocycles. The number of aliphatic carboxylic acids is 1. The Morgan fingerprint density at radius 3 is 3.19 bits per heavy atom. The van der Waals surface area contributed by atoms with Gasteiger partial charge in [-0.05, 0) is 0 Å². The van der Waals surface area contributed by atoms with Gasteiger partial charge in [0, 0.05) is 23.5 Å². The molecule has 2 rings (SSSR count). The summed E-state index contributed by atoms with van der Waals surface area (Å²) in [5.41, 5.74) is 1.77. The second-order valence-electron chi connectivity index (χ2n) is 2.99. The van der Waals surface area contributed by atoms with Crippen molar-refractivity contribution < 1.29 is 9.90 Å². The van der Waals surface area contributed by atoms with Crippen molar-refractivity contribution in [1.82, 2.24) is 14.5 Å². The molecule has 84 valence electrons. The minimum atomic E-state index is -0.836. The molecule has 0 spiro atoms. The molecule has 0 aliphatic carbocycles. The first-order valence-corrected chi connectivity index (χ1v) is 6.35. The van der Waals surface area contributed by atoms with Crippen molar-refractivity contribution in [1.29, 1.82) is 0 Å². The first-order valence-electron chi connectivity index (χ1n) is 4.49. The van der Waals surface area contributed by atoms with Crippen LogP contribution in [0.4, 0.5) is 0 Å². The van der Waals surface area contributed by atoms with Gasteiger partial charge < -0.3 is 9.67 Å². The van der Waals surface area contributed by atoms with Crippen LogP contribution in [0, 0.1) is 0 Å². The maximum Gasteiger partial charge on any atom is 0.313 e. The number of imidazole rings is 1. The number of carbonyl (C=O) groups is 1. The van der Waals surface area contributed by atoms with Crippen molar-refractivity contribution in [3.05, 3.63) is 29.0 Å². The molecule has 16 heavy (non-hydrogen) atoms. The minimum absolute atomic E-state index is 0.0275. The van der Waals surface area contributed by atoms with Crippen LogP contribution in [0.2, 0.25) is 0 Å². The second kappa shape index (κ2) is 5.13. The van der Waals surface area contributed by atoms with Crippen LogP contribution in [0.5, 0.6) is 0 Å². The maximum atomic E-state index is 10.5. The van der Waals surface area contributed by atoms with Crippen molar-refractivity contribution in [3.8, 4) is 0 Å². The fourth-order valence-electron chi connectivity index (χ4n) is 1.17. The van der Waals surface area contributed by atoms with E-state index < -0.39 is 5.97 Å². The molecule has 0 saturated heterocycles. The van der Waals surface area contributed by atoms with Gasteiger partial charge in [-0.2, -0.15) is 0 Å². The molecule has 7 heteroatoms. The topological polar surface area (TPSA) is 68.0 Å². The van der Waals surface area contributed by atoms with Crippen LogP contribution in [0.1, 0.15) is 4.88 Å². The number of nitrogens with zero attached hydrogens (tertiary/aromatic N) is 3. The van der Waals surface area contributed by atoms with Crippen LogP contribution in [-0.4, -0.2) is 31.4 Å². The lowest BCUT2D eigenvalue weighted by molar-refractivity contribution is -0.133. The predicted molar refractivity (Wildman–Crippen MR) is 61.8 cm³/mol. The Morgan fingerprint density at radius 1 is 1.62 bits per heavy atom. The van der Waals surface area contributed by atoms with Crippen LogP contribution in [-0.2, 0) is 11.3 Å². The molecule has 0 radical (unpaired) electrons. The summed E-state index contributed by atoms with van der Waals surface area (Å²) < 4.78 is 1.92. The Labute approximate surface area is 100 Å². The first-order chi connectivity index (χ1) is 7.75. The van der Waals surface area contributed by atoms with Gasteiger partial charge in [0.1, 0.15) is 0 Å². The lowest BCUT2D eigenvalue weighted by Gasteiger charge is -2.03. The van der Waals surface area contributed by atoms with Crippen LogP contribution in [0.25, 0.3) is 0 Å². The van der Waals surface area contributed by atoms with Crippen molar-refractivity contribution in [2.24, 2.45) is 0 Å². The Morgan fingerprint density at radius 2 is 2.50 bits per heavy atom. The molecule has 0 amide bonds. The zero-order chi connectivity index (χ0) is 11.4. The Bertz CT molecular complexity index is 467. The third kappa shape index (κ3) is 2.83. The highest BCUT2D eigenvalue weighted by molar-refractivity contribution is 7.99. The zero-order valence-corrected chi connectivity index (χ0v) is 9.87. The fraction of sp³-hybridized carbons (Fsp3) is 0.222. The number of rotatable bonds is 5. The van der Waals surface area contributed by atoms with Gasteiger partial charge in [-0.25, -0.2) is 4.98 Å². The van der Waals surface area contributed by atoms with Gasteiger partial charge in [-0.3, -0.25) is 9.78 Å². The van der Waals surface area contributed by atoms with Gasteiger partial charge >= 0.3 is 5.97 Å². The SMILES string of the molecule is O=C(O)CSc1nccn1Cc1cncs1. The molecule has 2 heterocycles. The number of thioether (sulfide) groups is 1. The van der Waals surface area contributed by atoms with E-state index in [9.17, 15) is 4.79 Å². The lowest BCUT2D eigenvalue weighted by Crippen LogP contribution is -2.02. The number of hydrogen-bond donors (Lipinski definition) is 1. The summed E-state index contributed by atoms with van der Waals surface area (Å²) in [5.74, 6) is -0.808. The van der Waals surface area contributed by atoms with Crippen molar-refractivity contribution in [3.63, 3.8) is 0 Å². The van der Waals surface area contributed by atoms with Crippen LogP contribution in [0.3, 0.4) is 0 Å². The smallest absolute Gasteiger partial charge is 0.313 e. The molecule has 0 aromatic carbocycles. The molecule has 0 aliphatic rings. The summed E-state index contributed by atoms with van der Waals surface area (Å²) in [7, 11) is 0. The van der Waals surface area contributed by atoms with Gasteiger partial charge in [-0.15, -0.1) is 11.3 Å². The van der Waals surface area contributed by atoms with Crippen molar-refractivity contribution in [2.75, 3.05) is 5.75 Å². The number of carboxylic acid groups (broad SMARTS) is 1. The molecule has 1 N–H and O–H groups in total. The van der Waals surface area contributed by atoms with Gasteiger partial charge in [0.05, 0.1) is 17.8 Å². The molecule has 0 unspecified atom stereocenters. The van der Waals surface area contributed by atoms with Crippen LogP contribution >= 0.6 is 23.1 Å². The van der Waals surface area contributed by atoms with E-state index in [4.69, 9.17) is 5.11 Å². The Kier molecular flexibility index (Phi) is 3.58. The normalized spacial score (nSPS) is 10.5. The van der Waals surface area contributed by atoms with Gasteiger partial charge in [0.25, 0.3) is 0 Å². The van der Waals surface area contributed by atoms with E-state index in [1.165, 1.54) is 11.8 Å². The van der Waals surface area contributed by atoms with E-state index in [2.05, 4.69) is 9.97 Å². The summed E-state index contributed by atoms with van der Waals surface area (Å²) in [6.07, 6.45) is 5.31.